The molecule has 0 bridgehead atoms. The summed E-state index contributed by atoms with van der Waals surface area (Å²) in [6.07, 6.45) is 23.3. The van der Waals surface area contributed by atoms with E-state index in [0.29, 0.717) is 36.3 Å². The van der Waals surface area contributed by atoms with Crippen molar-refractivity contribution < 1.29 is 29.0 Å². The van der Waals surface area contributed by atoms with Crippen LogP contribution in [0.25, 0.3) is 0 Å². The first-order chi connectivity index (χ1) is 25.9. The lowest BCUT2D eigenvalue weighted by molar-refractivity contribution is -0.213. The highest BCUT2D eigenvalue weighted by atomic mass is 16.5. The Kier molecular flexibility index (Phi) is 12.1. The van der Waals surface area contributed by atoms with Gasteiger partial charge in [0.25, 0.3) is 0 Å². The van der Waals surface area contributed by atoms with Gasteiger partial charge in [0.05, 0.1) is 12.6 Å². The third-order valence-corrected chi connectivity index (χ3v) is 16.8. The smallest absolute Gasteiger partial charge is 0.328 e. The molecule has 0 amide bonds. The number of unbranched alkanes of at least 4 members (excludes halogenated alkanes) is 6. The molecule has 5 aliphatic rings. The molecule has 1 heterocycles. The first kappa shape index (κ1) is 41.9. The molecule has 9 nitrogen and oxygen atoms in total. The SMILES string of the molecule is CCCCCCCCCC(=O)OCc1cn(CC(=O)O[C@H]2CC[C@@]3(C)C(CC[C@]4(C)[C@@H]3CC=C3[C@H]5CC(C)(C)CC[C@]5(CC(=O)O)CC[C@]34C)C2(C)C)nn1. The number of carbonyl (C=O) groups is 3. The zero-order valence-electron chi connectivity index (χ0n) is 35.6. The molecule has 0 radical (unpaired) electrons. The highest BCUT2D eigenvalue weighted by Gasteiger charge is 2.68. The van der Waals surface area contributed by atoms with Crippen molar-refractivity contribution in [3.05, 3.63) is 23.5 Å². The van der Waals surface area contributed by atoms with E-state index in [-0.39, 0.29) is 63.7 Å². The molecule has 0 aliphatic heterocycles. The maximum absolute atomic E-state index is 13.4. The number of fused-ring (bicyclic) bond motifs is 7. The Morgan fingerprint density at radius 2 is 1.56 bits per heavy atom. The lowest BCUT2D eigenvalue weighted by Gasteiger charge is -2.71. The highest BCUT2D eigenvalue weighted by Crippen LogP contribution is 2.76. The van der Waals surface area contributed by atoms with E-state index in [1.165, 1.54) is 30.4 Å². The largest absolute Gasteiger partial charge is 0.481 e. The molecule has 9 heteroatoms. The van der Waals surface area contributed by atoms with Crippen LogP contribution in [-0.2, 0) is 37.0 Å². The fraction of sp³-hybridized carbons (Fsp3) is 0.848. The summed E-state index contributed by atoms with van der Waals surface area (Å²) in [6.45, 7) is 19.3. The summed E-state index contributed by atoms with van der Waals surface area (Å²) in [5.41, 5.74) is 2.33. The molecular weight excluding hydrogens is 691 g/mol. The zero-order valence-corrected chi connectivity index (χ0v) is 35.6. The Morgan fingerprint density at radius 3 is 2.29 bits per heavy atom. The number of carboxylic acid groups (broad SMARTS) is 1. The van der Waals surface area contributed by atoms with Gasteiger partial charge >= 0.3 is 17.9 Å². The van der Waals surface area contributed by atoms with Crippen molar-refractivity contribution in [3.8, 4) is 0 Å². The van der Waals surface area contributed by atoms with Gasteiger partial charge in [0.2, 0.25) is 0 Å². The summed E-state index contributed by atoms with van der Waals surface area (Å²) in [7, 11) is 0. The molecule has 4 fully saturated rings. The van der Waals surface area contributed by atoms with Gasteiger partial charge in [-0.15, -0.1) is 5.10 Å². The molecular formula is C46H73N3O6. The number of esters is 2. The summed E-state index contributed by atoms with van der Waals surface area (Å²) < 4.78 is 13.2. The average Bonchev–Trinajstić information content (AvgIpc) is 3.55. The first-order valence-corrected chi connectivity index (χ1v) is 22.1. The molecule has 0 spiro atoms. The average molecular weight is 764 g/mol. The van der Waals surface area contributed by atoms with E-state index in [4.69, 9.17) is 9.47 Å². The van der Waals surface area contributed by atoms with E-state index in [1.54, 1.807) is 11.8 Å². The third-order valence-electron chi connectivity index (χ3n) is 16.8. The fourth-order valence-corrected chi connectivity index (χ4v) is 13.4. The molecule has 0 saturated heterocycles. The van der Waals surface area contributed by atoms with Gasteiger partial charge in [-0.3, -0.25) is 14.4 Å². The monoisotopic (exact) mass is 764 g/mol. The molecule has 0 aromatic carbocycles. The predicted molar refractivity (Wildman–Crippen MR) is 214 cm³/mol. The second-order valence-corrected chi connectivity index (χ2v) is 20.9. The van der Waals surface area contributed by atoms with Gasteiger partial charge < -0.3 is 14.6 Å². The Bertz CT molecular complexity index is 1600. The molecule has 308 valence electrons. The predicted octanol–water partition coefficient (Wildman–Crippen LogP) is 10.7. The van der Waals surface area contributed by atoms with Crippen LogP contribution in [0, 0.1) is 50.2 Å². The van der Waals surface area contributed by atoms with Crippen LogP contribution in [0.3, 0.4) is 0 Å². The molecule has 1 N–H and O–H groups in total. The fourth-order valence-electron chi connectivity index (χ4n) is 13.4. The van der Waals surface area contributed by atoms with E-state index < -0.39 is 5.97 Å². The lowest BCUT2D eigenvalue weighted by atomic mass is 9.33. The van der Waals surface area contributed by atoms with Gasteiger partial charge in [-0.25, -0.2) is 4.68 Å². The van der Waals surface area contributed by atoms with E-state index >= 15 is 0 Å². The van der Waals surface area contributed by atoms with Gasteiger partial charge in [0, 0.05) is 11.8 Å². The molecule has 4 saturated carbocycles. The Balaban J connectivity index is 1.07. The number of aliphatic carboxylic acids is 1. The minimum Gasteiger partial charge on any atom is -0.481 e. The minimum absolute atomic E-state index is 0.0263. The van der Waals surface area contributed by atoms with Gasteiger partial charge in [0.15, 0.2) is 0 Å². The summed E-state index contributed by atoms with van der Waals surface area (Å²) in [5, 5.41) is 18.4. The Hall–Kier alpha value is -2.71. The molecule has 1 unspecified atom stereocenters. The molecule has 5 aliphatic carbocycles. The van der Waals surface area contributed by atoms with Crippen molar-refractivity contribution in [2.45, 2.75) is 197 Å². The van der Waals surface area contributed by atoms with Crippen LogP contribution >= 0.6 is 0 Å². The zero-order chi connectivity index (χ0) is 39.9. The molecule has 1 aromatic heterocycles. The minimum atomic E-state index is -0.639. The second kappa shape index (κ2) is 15.9. The molecule has 55 heavy (non-hydrogen) atoms. The van der Waals surface area contributed by atoms with E-state index in [0.717, 1.165) is 83.5 Å². The third kappa shape index (κ3) is 8.07. The van der Waals surface area contributed by atoms with Crippen molar-refractivity contribution >= 4 is 17.9 Å². The van der Waals surface area contributed by atoms with Crippen molar-refractivity contribution in [2.24, 2.45) is 50.2 Å². The maximum Gasteiger partial charge on any atom is 0.328 e. The van der Waals surface area contributed by atoms with Crippen LogP contribution in [0.15, 0.2) is 17.8 Å². The van der Waals surface area contributed by atoms with Crippen molar-refractivity contribution in [2.75, 3.05) is 0 Å². The number of nitrogens with zero attached hydrogens (tertiary/aromatic N) is 3. The maximum atomic E-state index is 13.4. The summed E-state index contributed by atoms with van der Waals surface area (Å²) >= 11 is 0. The number of carboxylic acids is 1. The Morgan fingerprint density at radius 1 is 0.855 bits per heavy atom. The number of hydrogen-bond donors (Lipinski definition) is 1. The normalized spacial score (nSPS) is 36.0. The number of rotatable bonds is 15. The van der Waals surface area contributed by atoms with Gasteiger partial charge in [-0.2, -0.15) is 0 Å². The Labute approximate surface area is 331 Å². The summed E-state index contributed by atoms with van der Waals surface area (Å²) in [4.78, 5) is 38.0. The standard InChI is InChI=1S/C46H73N3O6/c1-9-10-11-12-13-14-15-16-39(52)54-31-32-29-49(48-47-32)30-40(53)55-37-20-21-43(6)35(42(37,4)5)19-22-45(8)36(43)18-17-33-34-27-41(2,3)23-25-46(34,28-38(50)51)26-24-44(33,45)7/h17,29,34-37H,9-16,18-28,30-31H2,1-8H3,(H,50,51)/t34-,35?,36-,37+,43+,44-,45-,46-/m1/s1. The number of ether oxygens (including phenoxy) is 2. The second-order valence-electron chi connectivity index (χ2n) is 20.9. The van der Waals surface area contributed by atoms with Crippen molar-refractivity contribution in [1.29, 1.82) is 0 Å². The van der Waals surface area contributed by atoms with Crippen LogP contribution < -0.4 is 0 Å². The number of allylic oxidation sites excluding steroid dienone is 2. The van der Waals surface area contributed by atoms with Crippen molar-refractivity contribution in [1.82, 2.24) is 15.0 Å². The highest BCUT2D eigenvalue weighted by molar-refractivity contribution is 5.70. The van der Waals surface area contributed by atoms with Crippen LogP contribution in [0.4, 0.5) is 0 Å². The van der Waals surface area contributed by atoms with Crippen LogP contribution in [0.1, 0.15) is 183 Å². The lowest BCUT2D eigenvalue weighted by Crippen LogP contribution is -2.65. The van der Waals surface area contributed by atoms with Gasteiger partial charge in [-0.05, 0) is 115 Å². The molecule has 6 rings (SSSR count). The van der Waals surface area contributed by atoms with Gasteiger partial charge in [0.1, 0.15) is 24.9 Å². The van der Waals surface area contributed by atoms with Crippen LogP contribution in [-0.4, -0.2) is 44.1 Å². The van der Waals surface area contributed by atoms with Crippen LogP contribution in [0.2, 0.25) is 0 Å². The number of aromatic nitrogens is 3. The summed E-state index contributed by atoms with van der Waals surface area (Å²) in [5.74, 6) is 0.109. The quantitative estimate of drug-likeness (QED) is 0.106. The van der Waals surface area contributed by atoms with E-state index in [2.05, 4.69) is 71.8 Å². The molecule has 1 aromatic rings. The van der Waals surface area contributed by atoms with E-state index in [9.17, 15) is 19.5 Å². The number of hydrogen-bond acceptors (Lipinski definition) is 7. The van der Waals surface area contributed by atoms with Crippen LogP contribution in [0.5, 0.6) is 0 Å². The van der Waals surface area contributed by atoms with Crippen molar-refractivity contribution in [3.63, 3.8) is 0 Å². The molecule has 8 atom stereocenters. The first-order valence-electron chi connectivity index (χ1n) is 22.1. The van der Waals surface area contributed by atoms with E-state index in [1.807, 2.05) is 0 Å². The van der Waals surface area contributed by atoms with Gasteiger partial charge in [-0.1, -0.05) is 111 Å². The number of carbonyl (C=O) groups excluding carboxylic acids is 2. The topological polar surface area (TPSA) is 121 Å². The summed E-state index contributed by atoms with van der Waals surface area (Å²) in [6, 6.07) is 0.